The van der Waals surface area contributed by atoms with E-state index in [4.69, 9.17) is 5.73 Å². The largest absolute Gasteiger partial charge is 0.398 e. The van der Waals surface area contributed by atoms with Gasteiger partial charge in [-0.25, -0.2) is 0 Å². The Hall–Kier alpha value is -1.96. The van der Waals surface area contributed by atoms with Crippen LogP contribution in [0.25, 0.3) is 0 Å². The van der Waals surface area contributed by atoms with Crippen molar-refractivity contribution >= 4 is 11.4 Å². The number of unbranched alkanes of at least 4 members (excludes halogenated alkanes) is 1. The maximum atomic E-state index is 6.04. The summed E-state index contributed by atoms with van der Waals surface area (Å²) in [5.74, 6) is 0. The summed E-state index contributed by atoms with van der Waals surface area (Å²) in [5, 5.41) is 0. The van der Waals surface area contributed by atoms with Gasteiger partial charge in [0.1, 0.15) is 0 Å². The molecule has 0 radical (unpaired) electrons. The minimum Gasteiger partial charge on any atom is -0.398 e. The average molecular weight is 266 g/mol. The van der Waals surface area contributed by atoms with E-state index in [1.807, 2.05) is 6.07 Å². The summed E-state index contributed by atoms with van der Waals surface area (Å²) in [6.07, 6.45) is 4.76. The molecule has 0 bridgehead atoms. The van der Waals surface area contributed by atoms with Crippen LogP contribution < -0.4 is 10.6 Å². The molecule has 0 fully saturated rings. The van der Waals surface area contributed by atoms with Crippen LogP contribution in [0.15, 0.2) is 48.5 Å². The predicted octanol–water partition coefficient (Wildman–Crippen LogP) is 3.65. The van der Waals surface area contributed by atoms with E-state index >= 15 is 0 Å². The van der Waals surface area contributed by atoms with Crippen molar-refractivity contribution in [3.8, 4) is 0 Å². The number of rotatable bonds is 5. The second kappa shape index (κ2) is 6.00. The summed E-state index contributed by atoms with van der Waals surface area (Å²) in [6, 6.07) is 17.0. The van der Waals surface area contributed by atoms with E-state index in [0.717, 1.165) is 25.2 Å². The number of anilines is 2. The van der Waals surface area contributed by atoms with Gasteiger partial charge in [0.15, 0.2) is 0 Å². The number of fused-ring (bicyclic) bond motifs is 1. The zero-order chi connectivity index (χ0) is 13.8. The molecule has 0 saturated heterocycles. The van der Waals surface area contributed by atoms with Gasteiger partial charge in [-0.15, -0.1) is 0 Å². The van der Waals surface area contributed by atoms with Crippen molar-refractivity contribution < 1.29 is 0 Å². The Balaban J connectivity index is 1.50. The van der Waals surface area contributed by atoms with E-state index in [9.17, 15) is 0 Å². The van der Waals surface area contributed by atoms with Gasteiger partial charge in [0, 0.05) is 30.0 Å². The summed E-state index contributed by atoms with van der Waals surface area (Å²) < 4.78 is 0. The van der Waals surface area contributed by atoms with Crippen LogP contribution in [0, 0.1) is 0 Å². The zero-order valence-corrected chi connectivity index (χ0v) is 11.9. The number of aryl methyl sites for hydroxylation is 1. The monoisotopic (exact) mass is 266 g/mol. The zero-order valence-electron chi connectivity index (χ0n) is 11.9. The number of nitrogens with zero attached hydrogens (tertiary/aromatic N) is 1. The van der Waals surface area contributed by atoms with Gasteiger partial charge in [-0.05, 0) is 43.4 Å². The summed E-state index contributed by atoms with van der Waals surface area (Å²) in [7, 11) is 0. The minimum absolute atomic E-state index is 0.953. The Morgan fingerprint density at radius 1 is 0.950 bits per heavy atom. The predicted molar refractivity (Wildman–Crippen MR) is 86.2 cm³/mol. The molecule has 0 aromatic heterocycles. The fourth-order valence-electron chi connectivity index (χ4n) is 3.04. The van der Waals surface area contributed by atoms with Crippen LogP contribution in [-0.2, 0) is 12.8 Å². The molecule has 0 atom stereocenters. The molecular formula is C18H22N2. The molecule has 0 amide bonds. The molecule has 2 heteroatoms. The van der Waals surface area contributed by atoms with E-state index in [-0.39, 0.29) is 0 Å². The molecule has 1 aliphatic rings. The summed E-state index contributed by atoms with van der Waals surface area (Å²) in [6.45, 7) is 2.26. The average Bonchev–Trinajstić information content (AvgIpc) is 2.90. The molecule has 0 aliphatic carbocycles. The first-order valence-corrected chi connectivity index (χ1v) is 7.51. The lowest BCUT2D eigenvalue weighted by atomic mass is 10.1. The standard InChI is InChI=1S/C18H22N2/c19-17-10-6-11-18-16(17)12-14-20(18)13-5-4-9-15-7-2-1-3-8-15/h1-3,6-8,10-11H,4-5,9,12-14,19H2. The van der Waals surface area contributed by atoms with Crippen molar-refractivity contribution in [2.75, 3.05) is 23.7 Å². The highest BCUT2D eigenvalue weighted by Gasteiger charge is 2.19. The molecular weight excluding hydrogens is 244 g/mol. The van der Waals surface area contributed by atoms with E-state index in [2.05, 4.69) is 47.4 Å². The lowest BCUT2D eigenvalue weighted by Gasteiger charge is -2.19. The number of hydrogen-bond donors (Lipinski definition) is 1. The van der Waals surface area contributed by atoms with Crippen LogP contribution in [0.3, 0.4) is 0 Å². The molecule has 1 aliphatic heterocycles. The fourth-order valence-corrected chi connectivity index (χ4v) is 3.04. The van der Waals surface area contributed by atoms with E-state index < -0.39 is 0 Å². The second-order valence-electron chi connectivity index (χ2n) is 5.52. The SMILES string of the molecule is Nc1cccc2c1CCN2CCCCc1ccccc1. The maximum Gasteiger partial charge on any atom is 0.0420 e. The van der Waals surface area contributed by atoms with Gasteiger partial charge in [0.25, 0.3) is 0 Å². The van der Waals surface area contributed by atoms with Crippen LogP contribution in [0.2, 0.25) is 0 Å². The molecule has 2 N–H and O–H groups in total. The van der Waals surface area contributed by atoms with Gasteiger partial charge < -0.3 is 10.6 Å². The molecule has 2 aromatic carbocycles. The Bertz CT molecular complexity index is 563. The van der Waals surface area contributed by atoms with Crippen molar-refractivity contribution in [1.29, 1.82) is 0 Å². The fraction of sp³-hybridized carbons (Fsp3) is 0.333. The molecule has 1 heterocycles. The first kappa shape index (κ1) is 13.0. The van der Waals surface area contributed by atoms with Gasteiger partial charge >= 0.3 is 0 Å². The first-order valence-electron chi connectivity index (χ1n) is 7.51. The molecule has 2 aromatic rings. The van der Waals surface area contributed by atoms with Gasteiger partial charge in [0.05, 0.1) is 0 Å². The smallest absolute Gasteiger partial charge is 0.0420 e. The van der Waals surface area contributed by atoms with Crippen molar-refractivity contribution in [3.05, 3.63) is 59.7 Å². The number of hydrogen-bond acceptors (Lipinski definition) is 2. The quantitative estimate of drug-likeness (QED) is 0.661. The van der Waals surface area contributed by atoms with Gasteiger partial charge in [0.2, 0.25) is 0 Å². The third kappa shape index (κ3) is 2.79. The lowest BCUT2D eigenvalue weighted by molar-refractivity contribution is 0.700. The van der Waals surface area contributed by atoms with E-state index in [0.29, 0.717) is 0 Å². The Labute approximate surface area is 121 Å². The normalized spacial score (nSPS) is 13.5. The molecule has 0 unspecified atom stereocenters. The highest BCUT2D eigenvalue weighted by atomic mass is 15.1. The van der Waals surface area contributed by atoms with Gasteiger partial charge in [-0.2, -0.15) is 0 Å². The van der Waals surface area contributed by atoms with Crippen molar-refractivity contribution in [3.63, 3.8) is 0 Å². The minimum atomic E-state index is 0.953. The molecule has 0 spiro atoms. The molecule has 3 rings (SSSR count). The molecule has 104 valence electrons. The Kier molecular flexibility index (Phi) is 3.91. The van der Waals surface area contributed by atoms with Crippen LogP contribution in [0.4, 0.5) is 11.4 Å². The summed E-state index contributed by atoms with van der Waals surface area (Å²) in [4.78, 5) is 2.48. The van der Waals surface area contributed by atoms with Crippen LogP contribution in [0.1, 0.15) is 24.0 Å². The van der Waals surface area contributed by atoms with Crippen LogP contribution in [-0.4, -0.2) is 13.1 Å². The van der Waals surface area contributed by atoms with Crippen molar-refractivity contribution in [1.82, 2.24) is 0 Å². The van der Waals surface area contributed by atoms with E-state index in [1.54, 1.807) is 0 Å². The van der Waals surface area contributed by atoms with Gasteiger partial charge in [-0.3, -0.25) is 0 Å². The number of benzene rings is 2. The van der Waals surface area contributed by atoms with Crippen LogP contribution >= 0.6 is 0 Å². The van der Waals surface area contributed by atoms with Gasteiger partial charge in [-0.1, -0.05) is 36.4 Å². The number of nitrogen functional groups attached to an aromatic ring is 1. The number of nitrogens with two attached hydrogens (primary N) is 1. The molecule has 2 nitrogen and oxygen atoms in total. The maximum absolute atomic E-state index is 6.04. The first-order chi connectivity index (χ1) is 9.84. The lowest BCUT2D eigenvalue weighted by Crippen LogP contribution is -2.21. The molecule has 0 saturated carbocycles. The molecule has 20 heavy (non-hydrogen) atoms. The highest BCUT2D eigenvalue weighted by Crippen LogP contribution is 2.32. The highest BCUT2D eigenvalue weighted by molar-refractivity contribution is 5.68. The van der Waals surface area contributed by atoms with Crippen LogP contribution in [0.5, 0.6) is 0 Å². The third-order valence-corrected chi connectivity index (χ3v) is 4.15. The third-order valence-electron chi connectivity index (χ3n) is 4.15. The second-order valence-corrected chi connectivity index (χ2v) is 5.52. The van der Waals surface area contributed by atoms with Crippen molar-refractivity contribution in [2.45, 2.75) is 25.7 Å². The Morgan fingerprint density at radius 3 is 2.65 bits per heavy atom. The summed E-state index contributed by atoms with van der Waals surface area (Å²) >= 11 is 0. The summed E-state index contributed by atoms with van der Waals surface area (Å²) in [5.41, 5.74) is 11.1. The topological polar surface area (TPSA) is 29.3 Å². The van der Waals surface area contributed by atoms with Crippen molar-refractivity contribution in [2.24, 2.45) is 0 Å². The Morgan fingerprint density at radius 2 is 1.80 bits per heavy atom. The van der Waals surface area contributed by atoms with E-state index in [1.165, 1.54) is 36.1 Å².